The van der Waals surface area contributed by atoms with Crippen LogP contribution in [-0.4, -0.2) is 10.9 Å². The summed E-state index contributed by atoms with van der Waals surface area (Å²) >= 11 is 0. The number of hydrogen-bond donors (Lipinski definition) is 3. The summed E-state index contributed by atoms with van der Waals surface area (Å²) in [5, 5.41) is 16.7. The minimum absolute atomic E-state index is 0.0162. The Morgan fingerprint density at radius 1 is 1.54 bits per heavy atom. The van der Waals surface area contributed by atoms with Crippen molar-refractivity contribution in [3.05, 3.63) is 35.6 Å². The van der Waals surface area contributed by atoms with Crippen LogP contribution in [0.1, 0.15) is 12.5 Å². The van der Waals surface area contributed by atoms with Crippen LogP contribution in [-0.2, 0) is 5.60 Å². The van der Waals surface area contributed by atoms with E-state index in [0.717, 1.165) is 0 Å². The smallest absolute Gasteiger partial charge is 0.146 e. The van der Waals surface area contributed by atoms with Gasteiger partial charge in [-0.2, -0.15) is 0 Å². The van der Waals surface area contributed by atoms with Crippen LogP contribution in [0.25, 0.3) is 0 Å². The molecule has 0 saturated carbocycles. The van der Waals surface area contributed by atoms with Crippen LogP contribution < -0.4 is 5.73 Å². The second kappa shape index (κ2) is 3.14. The summed E-state index contributed by atoms with van der Waals surface area (Å²) in [6.07, 6.45) is 0. The Morgan fingerprint density at radius 2 is 2.08 bits per heavy atom. The minimum atomic E-state index is -1.73. The molecule has 4 heteroatoms. The van der Waals surface area contributed by atoms with Gasteiger partial charge in [-0.15, -0.1) is 0 Å². The summed E-state index contributed by atoms with van der Waals surface area (Å²) in [5.74, 6) is -1.04. The highest BCUT2D eigenvalue weighted by atomic mass is 19.1. The van der Waals surface area contributed by atoms with Crippen molar-refractivity contribution >= 4 is 5.84 Å². The van der Waals surface area contributed by atoms with E-state index >= 15 is 0 Å². The Bertz CT molecular complexity index is 336. The van der Waals surface area contributed by atoms with E-state index in [2.05, 4.69) is 0 Å². The van der Waals surface area contributed by atoms with Crippen molar-refractivity contribution < 1.29 is 9.50 Å². The Balaban J connectivity index is 3.22. The fraction of sp³-hybridized carbons (Fsp3) is 0.222. The second-order valence-corrected chi connectivity index (χ2v) is 2.97. The van der Waals surface area contributed by atoms with E-state index in [0.29, 0.717) is 0 Å². The molecule has 0 aromatic heterocycles. The number of benzene rings is 1. The summed E-state index contributed by atoms with van der Waals surface area (Å²) < 4.78 is 13.1. The third-order valence-electron chi connectivity index (χ3n) is 1.92. The quantitative estimate of drug-likeness (QED) is 0.471. The van der Waals surface area contributed by atoms with Crippen molar-refractivity contribution in [2.45, 2.75) is 12.5 Å². The summed E-state index contributed by atoms with van der Waals surface area (Å²) in [6, 6.07) is 5.70. The third kappa shape index (κ3) is 1.67. The van der Waals surface area contributed by atoms with E-state index in [9.17, 15) is 9.50 Å². The molecule has 4 N–H and O–H groups in total. The molecule has 0 saturated heterocycles. The number of nitrogens with one attached hydrogen (secondary N) is 1. The second-order valence-electron chi connectivity index (χ2n) is 2.97. The molecule has 1 unspecified atom stereocenters. The molecule has 0 bridgehead atoms. The Morgan fingerprint density at radius 3 is 2.54 bits per heavy atom. The van der Waals surface area contributed by atoms with Crippen molar-refractivity contribution in [2.24, 2.45) is 5.73 Å². The van der Waals surface area contributed by atoms with Crippen LogP contribution in [0.4, 0.5) is 4.39 Å². The zero-order valence-corrected chi connectivity index (χ0v) is 7.21. The van der Waals surface area contributed by atoms with Crippen LogP contribution in [0.3, 0.4) is 0 Å². The molecule has 0 amide bonds. The van der Waals surface area contributed by atoms with Gasteiger partial charge in [0.05, 0.1) is 0 Å². The first-order valence-electron chi connectivity index (χ1n) is 3.78. The van der Waals surface area contributed by atoms with Gasteiger partial charge in [0.2, 0.25) is 0 Å². The summed E-state index contributed by atoms with van der Waals surface area (Å²) in [6.45, 7) is 1.29. The van der Waals surface area contributed by atoms with E-state index in [4.69, 9.17) is 11.1 Å². The first-order chi connectivity index (χ1) is 5.96. The Kier molecular flexibility index (Phi) is 2.34. The number of hydrogen-bond acceptors (Lipinski definition) is 2. The van der Waals surface area contributed by atoms with Gasteiger partial charge < -0.3 is 10.8 Å². The maximum Gasteiger partial charge on any atom is 0.146 e. The van der Waals surface area contributed by atoms with Crippen molar-refractivity contribution in [3.63, 3.8) is 0 Å². The maximum atomic E-state index is 13.1. The van der Waals surface area contributed by atoms with Crippen molar-refractivity contribution in [1.82, 2.24) is 0 Å². The SMILES string of the molecule is CC(O)(C(=N)N)c1ccccc1F. The van der Waals surface area contributed by atoms with Gasteiger partial charge in [-0.25, -0.2) is 4.39 Å². The molecule has 0 aliphatic rings. The van der Waals surface area contributed by atoms with Crippen LogP contribution in [0, 0.1) is 11.2 Å². The predicted molar refractivity (Wildman–Crippen MR) is 47.9 cm³/mol. The topological polar surface area (TPSA) is 70.1 Å². The molecule has 1 atom stereocenters. The van der Waals surface area contributed by atoms with Crippen molar-refractivity contribution in [2.75, 3.05) is 0 Å². The molecule has 0 radical (unpaired) electrons. The molecule has 70 valence electrons. The number of nitrogens with two attached hydrogens (primary N) is 1. The molecule has 1 aromatic rings. The first-order valence-corrected chi connectivity index (χ1v) is 3.78. The van der Waals surface area contributed by atoms with E-state index in [1.54, 1.807) is 6.07 Å². The van der Waals surface area contributed by atoms with E-state index in [-0.39, 0.29) is 5.56 Å². The molecular formula is C9H11FN2O. The number of halogens is 1. The molecular weight excluding hydrogens is 171 g/mol. The lowest BCUT2D eigenvalue weighted by Gasteiger charge is -2.22. The standard InChI is InChI=1S/C9H11FN2O/c1-9(13,8(11)12)6-4-2-3-5-7(6)10/h2-5,13H,1H3,(H3,11,12). The van der Waals surface area contributed by atoms with Gasteiger partial charge in [0.25, 0.3) is 0 Å². The molecule has 0 fully saturated rings. The fourth-order valence-corrected chi connectivity index (χ4v) is 1.00. The number of amidine groups is 1. The lowest BCUT2D eigenvalue weighted by molar-refractivity contribution is 0.126. The lowest BCUT2D eigenvalue weighted by atomic mass is 9.94. The average Bonchev–Trinajstić information content (AvgIpc) is 2.04. The fourth-order valence-electron chi connectivity index (χ4n) is 1.00. The van der Waals surface area contributed by atoms with Gasteiger partial charge in [0.1, 0.15) is 17.3 Å². The highest BCUT2D eigenvalue weighted by Crippen LogP contribution is 2.22. The molecule has 1 aromatic carbocycles. The normalized spacial score (nSPS) is 15.0. The van der Waals surface area contributed by atoms with Crippen LogP contribution in [0.15, 0.2) is 24.3 Å². The first kappa shape index (κ1) is 9.67. The van der Waals surface area contributed by atoms with Gasteiger partial charge in [-0.1, -0.05) is 18.2 Å². The van der Waals surface area contributed by atoms with E-state index in [1.807, 2.05) is 0 Å². The molecule has 0 heterocycles. The van der Waals surface area contributed by atoms with Gasteiger partial charge in [-0.05, 0) is 13.0 Å². The summed E-state index contributed by atoms with van der Waals surface area (Å²) in [7, 11) is 0. The predicted octanol–water partition coefficient (Wildman–Crippen LogP) is 0.969. The summed E-state index contributed by atoms with van der Waals surface area (Å²) in [5.41, 5.74) is 3.42. The molecule has 13 heavy (non-hydrogen) atoms. The highest BCUT2D eigenvalue weighted by molar-refractivity contribution is 5.86. The van der Waals surface area contributed by atoms with Gasteiger partial charge in [0.15, 0.2) is 0 Å². The van der Waals surface area contributed by atoms with Crippen molar-refractivity contribution in [3.8, 4) is 0 Å². The Labute approximate surface area is 75.5 Å². The molecule has 0 aliphatic carbocycles. The zero-order chi connectivity index (χ0) is 10.1. The summed E-state index contributed by atoms with van der Waals surface area (Å²) in [4.78, 5) is 0. The molecule has 0 aliphatic heterocycles. The molecule has 1 rings (SSSR count). The zero-order valence-electron chi connectivity index (χ0n) is 7.21. The lowest BCUT2D eigenvalue weighted by Crippen LogP contribution is -2.38. The average molecular weight is 182 g/mol. The Hall–Kier alpha value is -1.42. The van der Waals surface area contributed by atoms with E-state index < -0.39 is 17.3 Å². The monoisotopic (exact) mass is 182 g/mol. The maximum absolute atomic E-state index is 13.1. The van der Waals surface area contributed by atoms with Crippen LogP contribution in [0.5, 0.6) is 0 Å². The number of rotatable bonds is 2. The minimum Gasteiger partial charge on any atom is -0.385 e. The van der Waals surface area contributed by atoms with Crippen molar-refractivity contribution in [1.29, 1.82) is 5.41 Å². The third-order valence-corrected chi connectivity index (χ3v) is 1.92. The van der Waals surface area contributed by atoms with Gasteiger partial charge in [-0.3, -0.25) is 5.41 Å². The van der Waals surface area contributed by atoms with Crippen LogP contribution in [0.2, 0.25) is 0 Å². The number of aliphatic hydroxyl groups is 1. The van der Waals surface area contributed by atoms with Gasteiger partial charge in [0, 0.05) is 5.56 Å². The largest absolute Gasteiger partial charge is 0.385 e. The molecule has 0 spiro atoms. The van der Waals surface area contributed by atoms with Gasteiger partial charge >= 0.3 is 0 Å². The van der Waals surface area contributed by atoms with E-state index in [1.165, 1.54) is 25.1 Å². The van der Waals surface area contributed by atoms with Crippen LogP contribution >= 0.6 is 0 Å². The highest BCUT2D eigenvalue weighted by Gasteiger charge is 2.29. The molecule has 3 nitrogen and oxygen atoms in total.